The van der Waals surface area contributed by atoms with E-state index in [1.54, 1.807) is 0 Å². The molecule has 4 atom stereocenters. The SMILES string of the molecule is CCC1CCCC(N2CC(C(C)(C)C)NCC2C)C1. The predicted molar refractivity (Wildman–Crippen MR) is 83.5 cm³/mol. The van der Waals surface area contributed by atoms with Crippen LogP contribution in [-0.2, 0) is 0 Å². The van der Waals surface area contributed by atoms with E-state index >= 15 is 0 Å². The van der Waals surface area contributed by atoms with Gasteiger partial charge in [-0.3, -0.25) is 4.90 Å². The number of rotatable bonds is 2. The average molecular weight is 266 g/mol. The van der Waals surface area contributed by atoms with Gasteiger partial charge in [-0.15, -0.1) is 0 Å². The highest BCUT2D eigenvalue weighted by Crippen LogP contribution is 2.33. The lowest BCUT2D eigenvalue weighted by Crippen LogP contribution is -2.62. The molecule has 2 aliphatic rings. The zero-order chi connectivity index (χ0) is 14.0. The summed E-state index contributed by atoms with van der Waals surface area (Å²) in [5.41, 5.74) is 0.372. The Bertz CT molecular complexity index is 281. The Kier molecular flexibility index (Phi) is 4.94. The Labute approximate surface area is 120 Å². The molecule has 1 aliphatic heterocycles. The second kappa shape index (κ2) is 6.13. The van der Waals surface area contributed by atoms with Crippen molar-refractivity contribution in [3.05, 3.63) is 0 Å². The highest BCUT2D eigenvalue weighted by Gasteiger charge is 2.36. The van der Waals surface area contributed by atoms with Crippen LogP contribution in [0.1, 0.15) is 66.7 Å². The van der Waals surface area contributed by atoms with E-state index in [1.165, 1.54) is 38.6 Å². The first-order valence-corrected chi connectivity index (χ1v) is 8.41. The Morgan fingerprint density at radius 2 is 1.95 bits per heavy atom. The summed E-state index contributed by atoms with van der Waals surface area (Å²) >= 11 is 0. The van der Waals surface area contributed by atoms with Crippen molar-refractivity contribution < 1.29 is 0 Å². The van der Waals surface area contributed by atoms with E-state index in [1.807, 2.05) is 0 Å². The molecule has 2 rings (SSSR count). The first-order valence-electron chi connectivity index (χ1n) is 8.41. The van der Waals surface area contributed by atoms with Crippen LogP contribution in [0.3, 0.4) is 0 Å². The van der Waals surface area contributed by atoms with Crippen molar-refractivity contribution in [2.24, 2.45) is 11.3 Å². The summed E-state index contributed by atoms with van der Waals surface area (Å²) in [6.07, 6.45) is 7.16. The minimum absolute atomic E-state index is 0.372. The molecule has 1 N–H and O–H groups in total. The second-order valence-corrected chi connectivity index (χ2v) is 7.97. The van der Waals surface area contributed by atoms with Gasteiger partial charge in [0.05, 0.1) is 0 Å². The lowest BCUT2D eigenvalue weighted by molar-refractivity contribution is 0.0320. The molecule has 1 saturated heterocycles. The van der Waals surface area contributed by atoms with Gasteiger partial charge in [-0.25, -0.2) is 0 Å². The Morgan fingerprint density at radius 1 is 1.21 bits per heavy atom. The van der Waals surface area contributed by atoms with Gasteiger partial charge in [-0.2, -0.15) is 0 Å². The minimum Gasteiger partial charge on any atom is -0.311 e. The van der Waals surface area contributed by atoms with Gasteiger partial charge >= 0.3 is 0 Å². The molecule has 2 nitrogen and oxygen atoms in total. The van der Waals surface area contributed by atoms with Crippen LogP contribution in [0.2, 0.25) is 0 Å². The summed E-state index contributed by atoms with van der Waals surface area (Å²) in [6.45, 7) is 14.3. The van der Waals surface area contributed by atoms with Crippen LogP contribution >= 0.6 is 0 Å². The Balaban J connectivity index is 2.00. The van der Waals surface area contributed by atoms with Gasteiger partial charge in [-0.05, 0) is 31.1 Å². The third kappa shape index (κ3) is 3.72. The average Bonchev–Trinajstić information content (AvgIpc) is 2.38. The highest BCUT2D eigenvalue weighted by atomic mass is 15.3. The molecule has 1 heterocycles. The maximum atomic E-state index is 3.76. The number of hydrogen-bond acceptors (Lipinski definition) is 2. The monoisotopic (exact) mass is 266 g/mol. The molecule has 0 amide bonds. The molecule has 1 saturated carbocycles. The van der Waals surface area contributed by atoms with Crippen molar-refractivity contribution in [3.63, 3.8) is 0 Å². The largest absolute Gasteiger partial charge is 0.311 e. The molecule has 0 bridgehead atoms. The molecule has 19 heavy (non-hydrogen) atoms. The van der Waals surface area contributed by atoms with Gasteiger partial charge in [0.2, 0.25) is 0 Å². The summed E-state index contributed by atoms with van der Waals surface area (Å²) in [7, 11) is 0. The zero-order valence-corrected chi connectivity index (χ0v) is 13.7. The molecule has 1 aliphatic carbocycles. The van der Waals surface area contributed by atoms with E-state index in [4.69, 9.17) is 0 Å². The van der Waals surface area contributed by atoms with Crippen LogP contribution in [0.4, 0.5) is 0 Å². The molecule has 4 unspecified atom stereocenters. The van der Waals surface area contributed by atoms with Crippen LogP contribution in [0.5, 0.6) is 0 Å². The van der Waals surface area contributed by atoms with Gasteiger partial charge in [0, 0.05) is 31.2 Å². The van der Waals surface area contributed by atoms with Crippen molar-refractivity contribution >= 4 is 0 Å². The van der Waals surface area contributed by atoms with Crippen LogP contribution in [0.25, 0.3) is 0 Å². The zero-order valence-electron chi connectivity index (χ0n) is 13.7. The first kappa shape index (κ1) is 15.3. The number of piperazine rings is 1. The van der Waals surface area contributed by atoms with Gasteiger partial charge in [0.25, 0.3) is 0 Å². The summed E-state index contributed by atoms with van der Waals surface area (Å²) in [4.78, 5) is 2.83. The third-order valence-corrected chi connectivity index (χ3v) is 5.47. The smallest absolute Gasteiger partial charge is 0.0244 e. The Morgan fingerprint density at radius 3 is 2.58 bits per heavy atom. The van der Waals surface area contributed by atoms with Gasteiger partial charge in [0.15, 0.2) is 0 Å². The molecule has 2 heteroatoms. The quantitative estimate of drug-likeness (QED) is 0.820. The molecule has 2 fully saturated rings. The number of hydrogen-bond donors (Lipinski definition) is 1. The highest BCUT2D eigenvalue weighted by molar-refractivity contribution is 4.94. The molecule has 0 radical (unpaired) electrons. The van der Waals surface area contributed by atoms with E-state index in [-0.39, 0.29) is 0 Å². The van der Waals surface area contributed by atoms with Crippen LogP contribution < -0.4 is 5.32 Å². The van der Waals surface area contributed by atoms with Crippen LogP contribution in [0, 0.1) is 11.3 Å². The van der Waals surface area contributed by atoms with Gasteiger partial charge < -0.3 is 5.32 Å². The topological polar surface area (TPSA) is 15.3 Å². The molecular weight excluding hydrogens is 232 g/mol. The lowest BCUT2D eigenvalue weighted by Gasteiger charge is -2.49. The molecular formula is C17H34N2. The van der Waals surface area contributed by atoms with E-state index in [0.717, 1.165) is 18.5 Å². The van der Waals surface area contributed by atoms with Crippen molar-refractivity contribution in [2.45, 2.75) is 84.8 Å². The summed E-state index contributed by atoms with van der Waals surface area (Å²) in [6, 6.07) is 2.20. The molecule has 112 valence electrons. The number of nitrogens with one attached hydrogen (secondary N) is 1. The minimum atomic E-state index is 0.372. The van der Waals surface area contributed by atoms with E-state index in [2.05, 4.69) is 44.8 Å². The van der Waals surface area contributed by atoms with E-state index in [0.29, 0.717) is 17.5 Å². The fraction of sp³-hybridized carbons (Fsp3) is 1.00. The normalized spacial score (nSPS) is 38.4. The molecule has 0 aromatic rings. The predicted octanol–water partition coefficient (Wildman–Crippen LogP) is 3.66. The maximum absolute atomic E-state index is 3.76. The van der Waals surface area contributed by atoms with Gasteiger partial charge in [-0.1, -0.05) is 47.0 Å². The fourth-order valence-corrected chi connectivity index (χ4v) is 3.91. The van der Waals surface area contributed by atoms with E-state index in [9.17, 15) is 0 Å². The molecule has 0 spiro atoms. The fourth-order valence-electron chi connectivity index (χ4n) is 3.91. The lowest BCUT2D eigenvalue weighted by atomic mass is 9.80. The van der Waals surface area contributed by atoms with Gasteiger partial charge in [0.1, 0.15) is 0 Å². The third-order valence-electron chi connectivity index (χ3n) is 5.47. The van der Waals surface area contributed by atoms with Crippen molar-refractivity contribution in [2.75, 3.05) is 13.1 Å². The number of nitrogens with zero attached hydrogens (tertiary/aromatic N) is 1. The van der Waals surface area contributed by atoms with Crippen LogP contribution in [0.15, 0.2) is 0 Å². The summed E-state index contributed by atoms with van der Waals surface area (Å²) in [5.74, 6) is 0.980. The maximum Gasteiger partial charge on any atom is 0.0244 e. The van der Waals surface area contributed by atoms with Crippen molar-refractivity contribution in [3.8, 4) is 0 Å². The summed E-state index contributed by atoms with van der Waals surface area (Å²) < 4.78 is 0. The van der Waals surface area contributed by atoms with Crippen molar-refractivity contribution in [1.82, 2.24) is 10.2 Å². The van der Waals surface area contributed by atoms with E-state index < -0.39 is 0 Å². The summed E-state index contributed by atoms with van der Waals surface area (Å²) in [5, 5.41) is 3.76. The molecule has 0 aromatic heterocycles. The standard InChI is InChI=1S/C17H34N2/c1-6-14-8-7-9-15(10-14)19-12-16(17(3,4)5)18-11-13(19)2/h13-16,18H,6-12H2,1-5H3. The first-order chi connectivity index (χ1) is 8.91. The van der Waals surface area contributed by atoms with Crippen LogP contribution in [-0.4, -0.2) is 36.1 Å². The van der Waals surface area contributed by atoms with Crippen molar-refractivity contribution in [1.29, 1.82) is 0 Å². The molecule has 0 aromatic carbocycles. The second-order valence-electron chi connectivity index (χ2n) is 7.97. The Hall–Kier alpha value is -0.0800.